The molecular weight excluding hydrogens is 645 g/mol. The number of nitrogens with zero attached hydrogens (tertiary/aromatic N) is 2. The predicted octanol–water partition coefficient (Wildman–Crippen LogP) is 6.38. The lowest BCUT2D eigenvalue weighted by Crippen LogP contribution is -2.46. The molecule has 15 heteroatoms. The van der Waals surface area contributed by atoms with Gasteiger partial charge in [0.05, 0.1) is 13.2 Å². The third-order valence-corrected chi connectivity index (χ3v) is 8.19. The van der Waals surface area contributed by atoms with Crippen LogP contribution < -0.4 is 5.73 Å². The van der Waals surface area contributed by atoms with Crippen molar-refractivity contribution in [2.45, 2.75) is 78.9 Å². The fourth-order valence-electron chi connectivity index (χ4n) is 4.06. The van der Waals surface area contributed by atoms with Crippen molar-refractivity contribution in [2.75, 3.05) is 20.3 Å². The number of aliphatic carboxylic acids is 1. The number of carboxylic acid groups (broad SMARTS) is 1. The topological polar surface area (TPSA) is 186 Å². The molecule has 14 nitrogen and oxygen atoms in total. The number of likely N-dealkylation sites (N-methyl/N-ethyl adjacent to an activating group) is 1. The Balaban J connectivity index is 2.27. The SMILES string of the molecule is CCCC(C(=O)O)N(C)C(N)=NP(=O)(OC(OC(=O)OCCc1ccccc1)C(C)C)OC(OC(=O)OCCc1ccccc1)C(C)C. The summed E-state index contributed by atoms with van der Waals surface area (Å²) in [6, 6.07) is 17.6. The summed E-state index contributed by atoms with van der Waals surface area (Å²) in [4.78, 5) is 38.2. The summed E-state index contributed by atoms with van der Waals surface area (Å²) in [5.74, 6) is -2.89. The van der Waals surface area contributed by atoms with E-state index in [9.17, 15) is 24.1 Å². The van der Waals surface area contributed by atoms with Gasteiger partial charge in [0.15, 0.2) is 0 Å². The van der Waals surface area contributed by atoms with Gasteiger partial charge >= 0.3 is 26.0 Å². The van der Waals surface area contributed by atoms with Gasteiger partial charge in [-0.2, -0.15) is 0 Å². The number of hydrogen-bond acceptors (Lipinski definition) is 10. The van der Waals surface area contributed by atoms with Crippen molar-refractivity contribution in [3.8, 4) is 0 Å². The molecule has 2 rings (SSSR count). The van der Waals surface area contributed by atoms with Crippen LogP contribution in [0.2, 0.25) is 0 Å². The molecule has 0 bridgehead atoms. The van der Waals surface area contributed by atoms with Crippen LogP contribution in [0, 0.1) is 11.8 Å². The smallest absolute Gasteiger partial charge is 0.480 e. The molecule has 2 aromatic rings. The minimum Gasteiger partial charge on any atom is -0.480 e. The maximum atomic E-state index is 14.3. The molecule has 48 heavy (non-hydrogen) atoms. The van der Waals surface area contributed by atoms with Crippen molar-refractivity contribution in [3.63, 3.8) is 0 Å². The molecule has 0 aliphatic carbocycles. The maximum Gasteiger partial charge on any atom is 0.510 e. The van der Waals surface area contributed by atoms with Crippen LogP contribution in [0.4, 0.5) is 9.59 Å². The van der Waals surface area contributed by atoms with E-state index in [1.807, 2.05) is 60.7 Å². The highest BCUT2D eigenvalue weighted by molar-refractivity contribution is 7.52. The van der Waals surface area contributed by atoms with Crippen LogP contribution in [-0.4, -0.2) is 73.1 Å². The zero-order valence-corrected chi connectivity index (χ0v) is 29.2. The van der Waals surface area contributed by atoms with Crippen LogP contribution in [0.1, 0.15) is 58.6 Å². The molecule has 0 saturated carbocycles. The molecule has 0 aromatic heterocycles. The fourth-order valence-corrected chi connectivity index (χ4v) is 5.69. The molecule has 0 heterocycles. The zero-order chi connectivity index (χ0) is 35.7. The van der Waals surface area contributed by atoms with E-state index in [2.05, 4.69) is 4.76 Å². The van der Waals surface area contributed by atoms with Crippen molar-refractivity contribution in [3.05, 3.63) is 71.8 Å². The van der Waals surface area contributed by atoms with Gasteiger partial charge in [-0.05, 0) is 17.5 Å². The van der Waals surface area contributed by atoms with Gasteiger partial charge in [-0.15, -0.1) is 4.76 Å². The zero-order valence-electron chi connectivity index (χ0n) is 28.4. The van der Waals surface area contributed by atoms with Crippen molar-refractivity contribution in [1.29, 1.82) is 0 Å². The summed E-state index contributed by atoms with van der Waals surface area (Å²) in [5.41, 5.74) is 8.02. The van der Waals surface area contributed by atoms with Crippen molar-refractivity contribution in [1.82, 2.24) is 4.90 Å². The van der Waals surface area contributed by atoms with Gasteiger partial charge in [0.2, 0.25) is 18.5 Å². The van der Waals surface area contributed by atoms with Crippen LogP contribution in [0.5, 0.6) is 0 Å². The number of rotatable bonds is 19. The number of carbonyl (C=O) groups excluding carboxylic acids is 2. The summed E-state index contributed by atoms with van der Waals surface area (Å²) in [6.07, 6.45) is -3.70. The highest BCUT2D eigenvalue weighted by Gasteiger charge is 2.39. The molecule has 0 fully saturated rings. The van der Waals surface area contributed by atoms with Gasteiger partial charge in [-0.1, -0.05) is 102 Å². The largest absolute Gasteiger partial charge is 0.510 e. The summed E-state index contributed by atoms with van der Waals surface area (Å²) < 4.78 is 50.7. The normalized spacial score (nSPS) is 14.8. The number of carboxylic acids is 1. The first-order chi connectivity index (χ1) is 22.7. The third-order valence-electron chi connectivity index (χ3n) is 6.80. The Kier molecular flexibility index (Phi) is 16.9. The lowest BCUT2D eigenvalue weighted by atomic mass is 10.1. The van der Waals surface area contributed by atoms with E-state index in [1.54, 1.807) is 34.6 Å². The molecule has 266 valence electrons. The summed E-state index contributed by atoms with van der Waals surface area (Å²) >= 11 is 0. The van der Waals surface area contributed by atoms with Gasteiger partial charge < -0.3 is 34.7 Å². The maximum absolute atomic E-state index is 14.3. The number of ether oxygens (including phenoxy) is 4. The van der Waals surface area contributed by atoms with Gasteiger partial charge in [-0.3, -0.25) is 0 Å². The monoisotopic (exact) mass is 693 g/mol. The number of guanidine groups is 1. The molecule has 0 aliphatic rings. The average Bonchev–Trinajstić information content (AvgIpc) is 3.03. The minimum atomic E-state index is -4.84. The number of benzene rings is 2. The van der Waals surface area contributed by atoms with Crippen LogP contribution in [-0.2, 0) is 50.2 Å². The second-order valence-electron chi connectivity index (χ2n) is 11.5. The predicted molar refractivity (Wildman–Crippen MR) is 178 cm³/mol. The Labute approximate surface area is 282 Å². The van der Waals surface area contributed by atoms with Crippen LogP contribution in [0.25, 0.3) is 0 Å². The second-order valence-corrected chi connectivity index (χ2v) is 13.1. The Morgan fingerprint density at radius 2 is 1.23 bits per heavy atom. The molecular formula is C33H48N3O11P. The standard InChI is InChI=1S/C33H48N3O11P/c1-7-14-27(28(37)38)36(6)31(34)35-48(41,46-29(23(2)3)44-32(39)42-21-19-25-15-10-8-11-16-25)47-30(24(4)5)45-33(40)43-22-20-26-17-12-9-13-18-26/h8-13,15-18,23-24,27,29-30H,7,14,19-22H2,1-6H3,(H,37,38)(H2,34,35,41). The van der Waals surface area contributed by atoms with E-state index in [1.165, 1.54) is 7.05 Å². The molecule has 0 saturated heterocycles. The molecule has 2 aromatic carbocycles. The van der Waals surface area contributed by atoms with E-state index in [0.717, 1.165) is 16.0 Å². The quantitative estimate of drug-likeness (QED) is 0.0543. The summed E-state index contributed by atoms with van der Waals surface area (Å²) in [5, 5.41) is 9.72. The molecule has 0 amide bonds. The van der Waals surface area contributed by atoms with Gasteiger partial charge in [0.1, 0.15) is 6.04 Å². The van der Waals surface area contributed by atoms with Crippen molar-refractivity contribution in [2.24, 2.45) is 22.3 Å². The molecule has 3 atom stereocenters. The van der Waals surface area contributed by atoms with Gasteiger partial charge in [0.25, 0.3) is 0 Å². The first-order valence-corrected chi connectivity index (χ1v) is 17.3. The first kappa shape index (κ1) is 40.0. The van der Waals surface area contributed by atoms with E-state index in [-0.39, 0.29) is 19.6 Å². The molecule has 0 spiro atoms. The highest BCUT2D eigenvalue weighted by atomic mass is 31.2. The summed E-state index contributed by atoms with van der Waals surface area (Å²) in [7, 11) is -3.48. The van der Waals surface area contributed by atoms with E-state index in [4.69, 9.17) is 33.7 Å². The number of nitrogens with two attached hydrogens (primary N) is 1. The van der Waals surface area contributed by atoms with E-state index in [0.29, 0.717) is 19.3 Å². The lowest BCUT2D eigenvalue weighted by molar-refractivity contribution is -0.141. The second kappa shape index (κ2) is 20.3. The fraction of sp³-hybridized carbons (Fsp3) is 0.515. The van der Waals surface area contributed by atoms with Crippen LogP contribution in [0.3, 0.4) is 0 Å². The Morgan fingerprint density at radius 1 is 0.812 bits per heavy atom. The minimum absolute atomic E-state index is 0.00136. The lowest BCUT2D eigenvalue weighted by Gasteiger charge is -2.30. The third kappa shape index (κ3) is 14.3. The van der Waals surface area contributed by atoms with Crippen LogP contribution in [0.15, 0.2) is 65.4 Å². The number of hydrogen-bond donors (Lipinski definition) is 2. The van der Waals surface area contributed by atoms with E-state index < -0.39 is 62.4 Å². The Hall–Kier alpha value is -4.13. The number of carbonyl (C=O) groups is 3. The molecule has 3 unspecified atom stereocenters. The highest BCUT2D eigenvalue weighted by Crippen LogP contribution is 2.54. The average molecular weight is 694 g/mol. The van der Waals surface area contributed by atoms with Crippen LogP contribution >= 0.6 is 7.75 Å². The molecule has 3 N–H and O–H groups in total. The molecule has 0 radical (unpaired) electrons. The van der Waals surface area contributed by atoms with Crippen molar-refractivity contribution >= 4 is 32.0 Å². The Morgan fingerprint density at radius 3 is 1.58 bits per heavy atom. The summed E-state index contributed by atoms with van der Waals surface area (Å²) in [6.45, 7) is 8.27. The Bertz CT molecular complexity index is 1280. The van der Waals surface area contributed by atoms with Crippen molar-refractivity contribution < 1.29 is 52.1 Å². The van der Waals surface area contributed by atoms with Gasteiger partial charge in [0, 0.05) is 31.7 Å². The first-order valence-electron chi connectivity index (χ1n) is 15.8. The molecule has 0 aliphatic heterocycles. The van der Waals surface area contributed by atoms with Gasteiger partial charge in [-0.25, -0.2) is 28.0 Å². The van der Waals surface area contributed by atoms with E-state index >= 15 is 0 Å².